The lowest BCUT2D eigenvalue weighted by Crippen LogP contribution is -2.49. The van der Waals surface area contributed by atoms with Crippen LogP contribution in [0, 0.1) is 6.92 Å². The fourth-order valence-electron chi connectivity index (χ4n) is 4.80. The van der Waals surface area contributed by atoms with Crippen molar-refractivity contribution in [2.45, 2.75) is 26.4 Å². The molecule has 0 saturated carbocycles. The molecule has 3 heterocycles. The zero-order valence-electron chi connectivity index (χ0n) is 20.9. The molecule has 192 valence electrons. The average Bonchev–Trinajstić information content (AvgIpc) is 3.24. The van der Waals surface area contributed by atoms with Gasteiger partial charge in [0, 0.05) is 43.9 Å². The summed E-state index contributed by atoms with van der Waals surface area (Å²) in [4.78, 5) is 22.0. The number of fused-ring (bicyclic) bond motifs is 1. The summed E-state index contributed by atoms with van der Waals surface area (Å²) in [6.07, 6.45) is -2.68. The number of hydrogen-bond donors (Lipinski definition) is 0. The lowest BCUT2D eigenvalue weighted by atomic mass is 10.1. The van der Waals surface area contributed by atoms with Crippen LogP contribution in [-0.4, -0.2) is 63.8 Å². The molecule has 2 aromatic carbocycles. The lowest BCUT2D eigenvalue weighted by molar-refractivity contribution is -0.133. The van der Waals surface area contributed by atoms with E-state index in [0.717, 1.165) is 30.9 Å². The van der Waals surface area contributed by atoms with Crippen molar-refractivity contribution < 1.29 is 18.3 Å². The number of piperazine rings is 1. The summed E-state index contributed by atoms with van der Waals surface area (Å²) in [7, 11) is 1.65. The zero-order chi connectivity index (χ0) is 25.9. The van der Waals surface area contributed by atoms with Crippen LogP contribution >= 0.6 is 0 Å². The summed E-state index contributed by atoms with van der Waals surface area (Å²) in [5.74, 6) is 0.727. The normalized spacial score (nSPS) is 14.5. The molecule has 2 aromatic heterocycles. The first-order valence-corrected chi connectivity index (χ1v) is 12.3. The van der Waals surface area contributed by atoms with Crippen molar-refractivity contribution in [1.29, 1.82) is 0 Å². The molecule has 0 aliphatic carbocycles. The Labute approximate surface area is 214 Å². The Balaban J connectivity index is 1.31. The summed E-state index contributed by atoms with van der Waals surface area (Å²) in [5.41, 5.74) is 2.98. The van der Waals surface area contributed by atoms with Gasteiger partial charge in [0.05, 0.1) is 23.9 Å². The predicted molar refractivity (Wildman–Crippen MR) is 138 cm³/mol. The van der Waals surface area contributed by atoms with Crippen LogP contribution < -0.4 is 4.74 Å². The molecule has 0 spiro atoms. The molecule has 1 aliphatic rings. The Bertz CT molecular complexity index is 1380. The molecule has 0 bridgehead atoms. The van der Waals surface area contributed by atoms with Gasteiger partial charge in [-0.3, -0.25) is 9.69 Å². The number of halogens is 2. The molecule has 37 heavy (non-hydrogen) atoms. The molecule has 0 radical (unpaired) electrons. The largest absolute Gasteiger partial charge is 0.497 e. The van der Waals surface area contributed by atoms with Gasteiger partial charge in [0.15, 0.2) is 5.65 Å². The molecule has 9 heteroatoms. The number of methoxy groups -OCH3 is 1. The number of alkyl halides is 2. The van der Waals surface area contributed by atoms with Crippen LogP contribution in [0.5, 0.6) is 5.75 Å². The van der Waals surface area contributed by atoms with E-state index in [-0.39, 0.29) is 18.0 Å². The van der Waals surface area contributed by atoms with Crippen LogP contribution in [0.1, 0.15) is 23.2 Å². The number of hydrogen-bond acceptors (Lipinski definition) is 5. The van der Waals surface area contributed by atoms with Gasteiger partial charge in [-0.15, -0.1) is 0 Å². The quantitative estimate of drug-likeness (QED) is 0.365. The third kappa shape index (κ3) is 5.32. The van der Waals surface area contributed by atoms with E-state index in [2.05, 4.69) is 15.0 Å². The van der Waals surface area contributed by atoms with Crippen LogP contribution in [0.3, 0.4) is 0 Å². The molecule has 1 fully saturated rings. The molecule has 1 saturated heterocycles. The summed E-state index contributed by atoms with van der Waals surface area (Å²) < 4.78 is 34.7. The highest BCUT2D eigenvalue weighted by Gasteiger charge is 2.25. The van der Waals surface area contributed by atoms with Gasteiger partial charge in [0.1, 0.15) is 12.3 Å². The number of carbonyl (C=O) groups is 1. The van der Waals surface area contributed by atoms with Crippen LogP contribution in [0.25, 0.3) is 22.3 Å². The Morgan fingerprint density at radius 1 is 1.03 bits per heavy atom. The van der Waals surface area contributed by atoms with Crippen molar-refractivity contribution in [3.05, 3.63) is 77.5 Å². The molecular weight excluding hydrogens is 476 g/mol. The summed E-state index contributed by atoms with van der Waals surface area (Å²) in [6, 6.07) is 18.6. The maximum absolute atomic E-state index is 14.0. The maximum Gasteiger partial charge on any atom is 0.264 e. The third-order valence-corrected chi connectivity index (χ3v) is 6.79. The number of pyridine rings is 1. The standard InChI is InChI=1S/C28H29F2N5O2/c1-19-26-23(27(29)30)16-24(21-6-4-3-5-7-21)31-28(26)35(32-19)18-25(36)34-14-12-33(13-15-34)17-20-8-10-22(37-2)11-9-20/h3-11,16,27H,12-15,17-18H2,1-2H3. The van der Waals surface area contributed by atoms with Gasteiger partial charge in [0.2, 0.25) is 5.91 Å². The fraction of sp³-hybridized carbons (Fsp3) is 0.321. The highest BCUT2D eigenvalue weighted by atomic mass is 19.3. The molecule has 4 aromatic rings. The first kappa shape index (κ1) is 24.8. The van der Waals surface area contributed by atoms with Crippen molar-refractivity contribution >= 4 is 16.9 Å². The topological polar surface area (TPSA) is 63.5 Å². The number of aryl methyl sites for hydroxylation is 1. The van der Waals surface area contributed by atoms with Gasteiger partial charge in [0.25, 0.3) is 6.43 Å². The molecule has 0 unspecified atom stereocenters. The van der Waals surface area contributed by atoms with Crippen molar-refractivity contribution in [1.82, 2.24) is 24.6 Å². The maximum atomic E-state index is 14.0. The molecule has 0 N–H and O–H groups in total. The minimum Gasteiger partial charge on any atom is -0.497 e. The van der Waals surface area contributed by atoms with E-state index < -0.39 is 6.43 Å². The third-order valence-electron chi connectivity index (χ3n) is 6.79. The Morgan fingerprint density at radius 3 is 2.38 bits per heavy atom. The van der Waals surface area contributed by atoms with Crippen LogP contribution in [0.2, 0.25) is 0 Å². The Morgan fingerprint density at radius 2 is 1.73 bits per heavy atom. The van der Waals surface area contributed by atoms with E-state index in [1.54, 1.807) is 14.0 Å². The molecular formula is C28H29F2N5O2. The van der Waals surface area contributed by atoms with Gasteiger partial charge in [-0.2, -0.15) is 5.10 Å². The summed E-state index contributed by atoms with van der Waals surface area (Å²) in [6.45, 7) is 5.13. The van der Waals surface area contributed by atoms with E-state index in [4.69, 9.17) is 4.74 Å². The molecule has 1 amide bonds. The van der Waals surface area contributed by atoms with Crippen molar-refractivity contribution in [2.24, 2.45) is 0 Å². The number of ether oxygens (including phenoxy) is 1. The highest BCUT2D eigenvalue weighted by molar-refractivity contribution is 5.87. The van der Waals surface area contributed by atoms with E-state index in [1.165, 1.54) is 16.3 Å². The van der Waals surface area contributed by atoms with Gasteiger partial charge >= 0.3 is 0 Å². The SMILES string of the molecule is COc1ccc(CN2CCN(C(=O)Cn3nc(C)c4c(C(F)F)cc(-c5ccccc5)nc43)CC2)cc1. The highest BCUT2D eigenvalue weighted by Crippen LogP contribution is 2.33. The first-order chi connectivity index (χ1) is 17.9. The number of carbonyl (C=O) groups excluding carboxylic acids is 1. The Hall–Kier alpha value is -3.85. The van der Waals surface area contributed by atoms with Crippen LogP contribution in [0.4, 0.5) is 8.78 Å². The summed E-state index contributed by atoms with van der Waals surface area (Å²) in [5, 5.41) is 4.75. The second kappa shape index (κ2) is 10.6. The number of rotatable bonds is 7. The number of benzene rings is 2. The van der Waals surface area contributed by atoms with Gasteiger partial charge in [-0.25, -0.2) is 18.4 Å². The van der Waals surface area contributed by atoms with E-state index in [0.29, 0.717) is 35.5 Å². The monoisotopic (exact) mass is 505 g/mol. The van der Waals surface area contributed by atoms with Crippen LogP contribution in [0.15, 0.2) is 60.7 Å². The minimum atomic E-state index is -2.68. The number of amides is 1. The smallest absolute Gasteiger partial charge is 0.264 e. The van der Waals surface area contributed by atoms with E-state index in [9.17, 15) is 13.6 Å². The van der Waals surface area contributed by atoms with Gasteiger partial charge in [-0.1, -0.05) is 42.5 Å². The molecule has 7 nitrogen and oxygen atoms in total. The second-order valence-corrected chi connectivity index (χ2v) is 9.21. The fourth-order valence-corrected chi connectivity index (χ4v) is 4.80. The van der Waals surface area contributed by atoms with E-state index in [1.807, 2.05) is 59.5 Å². The number of nitrogens with zero attached hydrogens (tertiary/aromatic N) is 5. The lowest BCUT2D eigenvalue weighted by Gasteiger charge is -2.34. The minimum absolute atomic E-state index is 0.0449. The van der Waals surface area contributed by atoms with Crippen molar-refractivity contribution in [3.63, 3.8) is 0 Å². The van der Waals surface area contributed by atoms with E-state index >= 15 is 0 Å². The average molecular weight is 506 g/mol. The van der Waals surface area contributed by atoms with Gasteiger partial charge < -0.3 is 9.64 Å². The Kier molecular flexibility index (Phi) is 7.14. The first-order valence-electron chi connectivity index (χ1n) is 12.3. The van der Waals surface area contributed by atoms with Crippen LogP contribution in [-0.2, 0) is 17.9 Å². The molecule has 0 atom stereocenters. The zero-order valence-corrected chi connectivity index (χ0v) is 20.9. The van der Waals surface area contributed by atoms with Crippen molar-refractivity contribution in [2.75, 3.05) is 33.3 Å². The second-order valence-electron chi connectivity index (χ2n) is 9.21. The predicted octanol–water partition coefficient (Wildman–Crippen LogP) is 4.70. The summed E-state index contributed by atoms with van der Waals surface area (Å²) >= 11 is 0. The molecule has 1 aliphatic heterocycles. The molecule has 5 rings (SSSR count). The van der Waals surface area contributed by atoms with Gasteiger partial charge in [-0.05, 0) is 30.7 Å². The number of aromatic nitrogens is 3. The van der Waals surface area contributed by atoms with Crippen molar-refractivity contribution in [3.8, 4) is 17.0 Å².